The fourth-order valence-electron chi connectivity index (χ4n) is 1.61. The topological polar surface area (TPSA) is 150 Å². The van der Waals surface area contributed by atoms with Crippen molar-refractivity contribution >= 4 is 23.9 Å². The largest absolute Gasteiger partial charge is 0.481 e. The molecule has 0 aromatic heterocycles. The first-order valence-corrected chi connectivity index (χ1v) is 6.41. The molecule has 21 heavy (non-hydrogen) atoms. The lowest BCUT2D eigenvalue weighted by Gasteiger charge is -2.25. The Bertz CT molecular complexity index is 410. The summed E-state index contributed by atoms with van der Waals surface area (Å²) in [5.41, 5.74) is 5.04. The van der Waals surface area contributed by atoms with Gasteiger partial charge in [-0.05, 0) is 12.3 Å². The third kappa shape index (κ3) is 8.45. The molecule has 3 amide bonds. The normalized spacial score (nSPS) is 11.8. The van der Waals surface area contributed by atoms with E-state index < -0.39 is 36.3 Å². The fourth-order valence-corrected chi connectivity index (χ4v) is 1.61. The van der Waals surface area contributed by atoms with E-state index >= 15 is 0 Å². The van der Waals surface area contributed by atoms with E-state index in [2.05, 4.69) is 5.32 Å². The average molecular weight is 303 g/mol. The quantitative estimate of drug-likeness (QED) is 0.449. The van der Waals surface area contributed by atoms with Gasteiger partial charge in [0.1, 0.15) is 12.6 Å². The number of amides is 3. The van der Waals surface area contributed by atoms with Crippen molar-refractivity contribution in [1.29, 1.82) is 0 Å². The van der Waals surface area contributed by atoms with Gasteiger partial charge in [0, 0.05) is 13.0 Å². The van der Waals surface area contributed by atoms with Crippen LogP contribution in [0.3, 0.4) is 0 Å². The predicted molar refractivity (Wildman–Crippen MR) is 72.4 cm³/mol. The molecule has 0 saturated carbocycles. The Balaban J connectivity index is 4.76. The van der Waals surface area contributed by atoms with Crippen LogP contribution in [0.15, 0.2) is 0 Å². The molecular formula is C12H21N3O6. The molecule has 1 atom stereocenters. The second kappa shape index (κ2) is 8.77. The van der Waals surface area contributed by atoms with Crippen LogP contribution < -0.4 is 11.1 Å². The number of nitrogens with one attached hydrogen (secondary N) is 1. The summed E-state index contributed by atoms with van der Waals surface area (Å²) in [7, 11) is 0. The minimum atomic E-state index is -1.34. The molecule has 5 N–H and O–H groups in total. The molecule has 9 heteroatoms. The van der Waals surface area contributed by atoms with Gasteiger partial charge in [-0.3, -0.25) is 9.59 Å². The summed E-state index contributed by atoms with van der Waals surface area (Å²) in [5, 5.41) is 19.7. The number of carbonyl (C=O) groups is 4. The molecular weight excluding hydrogens is 282 g/mol. The summed E-state index contributed by atoms with van der Waals surface area (Å²) < 4.78 is 0. The smallest absolute Gasteiger partial charge is 0.326 e. The number of rotatable bonds is 9. The van der Waals surface area contributed by atoms with E-state index in [4.69, 9.17) is 15.9 Å². The Morgan fingerprint density at radius 2 is 1.76 bits per heavy atom. The second-order valence-corrected chi connectivity index (χ2v) is 5.01. The molecule has 0 aromatic rings. The molecule has 0 rings (SSSR count). The molecule has 9 nitrogen and oxygen atoms in total. The van der Waals surface area contributed by atoms with Crippen LogP contribution in [0.4, 0.5) is 4.79 Å². The van der Waals surface area contributed by atoms with Crippen molar-refractivity contribution in [3.05, 3.63) is 0 Å². The monoisotopic (exact) mass is 303 g/mol. The van der Waals surface area contributed by atoms with E-state index in [9.17, 15) is 19.2 Å². The first-order valence-electron chi connectivity index (χ1n) is 6.41. The number of carboxylic acid groups (broad SMARTS) is 2. The molecule has 120 valence electrons. The maximum absolute atomic E-state index is 12.0. The van der Waals surface area contributed by atoms with E-state index in [0.717, 1.165) is 4.90 Å². The van der Waals surface area contributed by atoms with Crippen molar-refractivity contribution in [3.63, 3.8) is 0 Å². The molecule has 0 fully saturated rings. The molecule has 0 aromatic carbocycles. The van der Waals surface area contributed by atoms with Gasteiger partial charge in [-0.25, -0.2) is 9.59 Å². The van der Waals surface area contributed by atoms with Crippen LogP contribution in [0.5, 0.6) is 0 Å². The zero-order valence-corrected chi connectivity index (χ0v) is 12.0. The Hall–Kier alpha value is -2.32. The summed E-state index contributed by atoms with van der Waals surface area (Å²) >= 11 is 0. The average Bonchev–Trinajstić information content (AvgIpc) is 2.31. The van der Waals surface area contributed by atoms with Crippen LogP contribution in [-0.4, -0.2) is 58.1 Å². The molecule has 0 aliphatic carbocycles. The maximum atomic E-state index is 12.0. The van der Waals surface area contributed by atoms with Crippen molar-refractivity contribution in [2.45, 2.75) is 32.7 Å². The van der Waals surface area contributed by atoms with Crippen LogP contribution in [-0.2, 0) is 14.4 Å². The third-order valence-corrected chi connectivity index (χ3v) is 2.46. The second-order valence-electron chi connectivity index (χ2n) is 5.01. The van der Waals surface area contributed by atoms with Crippen LogP contribution in [0.25, 0.3) is 0 Å². The molecule has 0 saturated heterocycles. The Morgan fingerprint density at radius 3 is 2.14 bits per heavy atom. The van der Waals surface area contributed by atoms with E-state index in [1.54, 1.807) is 0 Å². The van der Waals surface area contributed by atoms with E-state index in [-0.39, 0.29) is 25.4 Å². The minimum Gasteiger partial charge on any atom is -0.481 e. The number of urea groups is 1. The lowest BCUT2D eigenvalue weighted by Crippen LogP contribution is -2.51. The lowest BCUT2D eigenvalue weighted by molar-refractivity contribution is -0.140. The molecule has 0 heterocycles. The molecule has 0 bridgehead atoms. The number of nitrogens with two attached hydrogens (primary N) is 1. The summed E-state index contributed by atoms with van der Waals surface area (Å²) in [5.74, 6) is -3.17. The summed E-state index contributed by atoms with van der Waals surface area (Å²) in [6.45, 7) is 3.52. The molecule has 0 aliphatic rings. The summed E-state index contributed by atoms with van der Waals surface area (Å²) in [6, 6.07) is -2.10. The zero-order valence-electron chi connectivity index (χ0n) is 12.0. The third-order valence-electron chi connectivity index (χ3n) is 2.46. The number of carbonyl (C=O) groups excluding carboxylic acids is 2. The number of hydrogen-bond acceptors (Lipinski definition) is 4. The number of hydrogen-bond donors (Lipinski definition) is 4. The summed E-state index contributed by atoms with van der Waals surface area (Å²) in [4.78, 5) is 45.5. The van der Waals surface area contributed by atoms with Crippen molar-refractivity contribution in [2.24, 2.45) is 11.7 Å². The molecule has 1 unspecified atom stereocenters. The van der Waals surface area contributed by atoms with Gasteiger partial charge in [-0.1, -0.05) is 13.8 Å². The number of nitrogens with zero attached hydrogens (tertiary/aromatic N) is 1. The highest BCUT2D eigenvalue weighted by atomic mass is 16.4. The fraction of sp³-hybridized carbons (Fsp3) is 0.667. The standard InChI is InChI=1S/C12H21N3O6/c1-7(2)5-15(6-9(13)16)12(21)14-8(11(19)20)3-4-10(17)18/h7-8H,3-6H2,1-2H3,(H2,13,16)(H,14,21)(H,17,18)(H,19,20). The summed E-state index contributed by atoms with van der Waals surface area (Å²) in [6.07, 6.45) is -0.639. The Labute approximate surface area is 122 Å². The number of primary amides is 1. The highest BCUT2D eigenvalue weighted by molar-refractivity contribution is 5.86. The van der Waals surface area contributed by atoms with Gasteiger partial charge in [-0.15, -0.1) is 0 Å². The number of aliphatic carboxylic acids is 2. The lowest BCUT2D eigenvalue weighted by atomic mass is 10.1. The first kappa shape index (κ1) is 18.7. The van der Waals surface area contributed by atoms with E-state index in [1.807, 2.05) is 13.8 Å². The van der Waals surface area contributed by atoms with E-state index in [1.165, 1.54) is 0 Å². The Kier molecular flexibility index (Phi) is 7.80. The zero-order chi connectivity index (χ0) is 16.6. The van der Waals surface area contributed by atoms with Crippen LogP contribution in [0, 0.1) is 5.92 Å². The van der Waals surface area contributed by atoms with Gasteiger partial charge in [-0.2, -0.15) is 0 Å². The SMILES string of the molecule is CC(C)CN(CC(N)=O)C(=O)NC(CCC(=O)O)C(=O)O. The molecule has 0 aliphatic heterocycles. The van der Waals surface area contributed by atoms with Gasteiger partial charge < -0.3 is 26.2 Å². The number of carboxylic acids is 2. The van der Waals surface area contributed by atoms with Crippen LogP contribution in [0.1, 0.15) is 26.7 Å². The van der Waals surface area contributed by atoms with Crippen LogP contribution in [0.2, 0.25) is 0 Å². The van der Waals surface area contributed by atoms with Crippen molar-refractivity contribution < 1.29 is 29.4 Å². The van der Waals surface area contributed by atoms with Gasteiger partial charge in [0.2, 0.25) is 5.91 Å². The predicted octanol–water partition coefficient (Wildman–Crippen LogP) is -0.543. The molecule has 0 spiro atoms. The van der Waals surface area contributed by atoms with Crippen LogP contribution >= 0.6 is 0 Å². The van der Waals surface area contributed by atoms with Gasteiger partial charge >= 0.3 is 18.0 Å². The Morgan fingerprint density at radius 1 is 1.19 bits per heavy atom. The van der Waals surface area contributed by atoms with Crippen molar-refractivity contribution in [2.75, 3.05) is 13.1 Å². The van der Waals surface area contributed by atoms with Gasteiger partial charge in [0.25, 0.3) is 0 Å². The van der Waals surface area contributed by atoms with E-state index in [0.29, 0.717) is 0 Å². The van der Waals surface area contributed by atoms with Crippen molar-refractivity contribution in [1.82, 2.24) is 10.2 Å². The molecule has 0 radical (unpaired) electrons. The van der Waals surface area contributed by atoms with Gasteiger partial charge in [0.15, 0.2) is 0 Å². The minimum absolute atomic E-state index is 0.0531. The maximum Gasteiger partial charge on any atom is 0.326 e. The highest BCUT2D eigenvalue weighted by Gasteiger charge is 2.25. The first-order chi connectivity index (χ1) is 9.63. The van der Waals surface area contributed by atoms with Gasteiger partial charge in [0.05, 0.1) is 0 Å². The highest BCUT2D eigenvalue weighted by Crippen LogP contribution is 2.03. The van der Waals surface area contributed by atoms with Crippen molar-refractivity contribution in [3.8, 4) is 0 Å².